The van der Waals surface area contributed by atoms with E-state index in [-0.39, 0.29) is 5.92 Å². The molecule has 2 nitrogen and oxygen atoms in total. The van der Waals surface area contributed by atoms with Crippen LogP contribution in [0.5, 0.6) is 0 Å². The fraction of sp³-hybridized carbons (Fsp3) is 0.833. The maximum absolute atomic E-state index is 12.3. The van der Waals surface area contributed by atoms with Crippen molar-refractivity contribution in [3.63, 3.8) is 0 Å². The van der Waals surface area contributed by atoms with Crippen molar-refractivity contribution in [2.24, 2.45) is 5.92 Å². The quantitative estimate of drug-likeness (QED) is 0.554. The molecule has 0 aromatic carbocycles. The minimum atomic E-state index is -0.669. The van der Waals surface area contributed by atoms with Crippen LogP contribution >= 0.6 is 0 Å². The van der Waals surface area contributed by atoms with Gasteiger partial charge in [-0.25, -0.2) is 4.39 Å². The molecule has 1 amide bonds. The van der Waals surface area contributed by atoms with Crippen molar-refractivity contribution >= 4 is 6.41 Å². The van der Waals surface area contributed by atoms with Crippen LogP contribution in [0.3, 0.4) is 0 Å². The molecule has 0 aromatic heterocycles. The van der Waals surface area contributed by atoms with Crippen LogP contribution in [0.15, 0.2) is 0 Å². The largest absolute Gasteiger partial charge is 0.358 e. The first-order valence-electron chi connectivity index (χ1n) is 3.15. The van der Waals surface area contributed by atoms with E-state index in [1.54, 1.807) is 0 Å². The SMILES string of the molecule is O=CNCC1CCC1F. The molecule has 2 atom stereocenters. The Morgan fingerprint density at radius 2 is 2.44 bits per heavy atom. The highest BCUT2D eigenvalue weighted by Gasteiger charge is 2.29. The molecule has 0 aromatic rings. The Morgan fingerprint density at radius 1 is 1.67 bits per heavy atom. The zero-order valence-corrected chi connectivity index (χ0v) is 5.14. The first kappa shape index (κ1) is 6.52. The average molecular weight is 131 g/mol. The lowest BCUT2D eigenvalue weighted by atomic mass is 9.83. The zero-order valence-electron chi connectivity index (χ0n) is 5.14. The maximum atomic E-state index is 12.3. The molecule has 3 heteroatoms. The maximum Gasteiger partial charge on any atom is 0.207 e. The number of nitrogens with one attached hydrogen (secondary N) is 1. The number of rotatable bonds is 3. The number of carbonyl (C=O) groups is 1. The van der Waals surface area contributed by atoms with E-state index in [4.69, 9.17) is 0 Å². The predicted octanol–water partition coefficient (Wildman–Crippen LogP) is 0.480. The topological polar surface area (TPSA) is 29.1 Å². The molecule has 0 heterocycles. The number of halogens is 1. The van der Waals surface area contributed by atoms with Crippen molar-refractivity contribution in [2.75, 3.05) is 6.54 Å². The smallest absolute Gasteiger partial charge is 0.207 e. The minimum Gasteiger partial charge on any atom is -0.358 e. The summed E-state index contributed by atoms with van der Waals surface area (Å²) in [5, 5.41) is 2.46. The van der Waals surface area contributed by atoms with Crippen molar-refractivity contribution in [1.29, 1.82) is 0 Å². The molecule has 0 aliphatic heterocycles. The molecule has 1 N–H and O–H groups in total. The number of carbonyl (C=O) groups excluding carboxylic acids is 1. The van der Waals surface area contributed by atoms with Crippen LogP contribution in [-0.4, -0.2) is 19.1 Å². The van der Waals surface area contributed by atoms with Gasteiger partial charge in [-0.2, -0.15) is 0 Å². The second-order valence-electron chi connectivity index (χ2n) is 2.38. The second-order valence-corrected chi connectivity index (χ2v) is 2.38. The van der Waals surface area contributed by atoms with E-state index in [0.29, 0.717) is 19.4 Å². The summed E-state index contributed by atoms with van der Waals surface area (Å²) in [6.45, 7) is 0.505. The summed E-state index contributed by atoms with van der Waals surface area (Å²) in [6.07, 6.45) is 1.54. The number of hydrogen-bond acceptors (Lipinski definition) is 1. The van der Waals surface area contributed by atoms with Crippen LogP contribution < -0.4 is 5.32 Å². The molecular formula is C6H10FNO. The molecule has 0 saturated heterocycles. The van der Waals surface area contributed by atoms with E-state index in [9.17, 15) is 9.18 Å². The van der Waals surface area contributed by atoms with Gasteiger partial charge in [-0.15, -0.1) is 0 Å². The van der Waals surface area contributed by atoms with E-state index < -0.39 is 6.17 Å². The van der Waals surface area contributed by atoms with Gasteiger partial charge in [0, 0.05) is 12.5 Å². The van der Waals surface area contributed by atoms with Gasteiger partial charge in [0.25, 0.3) is 0 Å². The van der Waals surface area contributed by atoms with Crippen LogP contribution in [0.25, 0.3) is 0 Å². The average Bonchev–Trinajstić information content (AvgIpc) is 1.86. The number of alkyl halides is 1. The van der Waals surface area contributed by atoms with Gasteiger partial charge in [0.2, 0.25) is 6.41 Å². The van der Waals surface area contributed by atoms with Crippen LogP contribution in [0.2, 0.25) is 0 Å². The van der Waals surface area contributed by atoms with Gasteiger partial charge in [-0.05, 0) is 12.8 Å². The summed E-state index contributed by atoms with van der Waals surface area (Å²) in [4.78, 5) is 9.72. The first-order chi connectivity index (χ1) is 4.34. The predicted molar refractivity (Wildman–Crippen MR) is 31.7 cm³/mol. The molecule has 2 unspecified atom stereocenters. The highest BCUT2D eigenvalue weighted by molar-refractivity contribution is 5.45. The highest BCUT2D eigenvalue weighted by atomic mass is 19.1. The fourth-order valence-electron chi connectivity index (χ4n) is 0.958. The van der Waals surface area contributed by atoms with E-state index in [1.807, 2.05) is 0 Å². The van der Waals surface area contributed by atoms with Crippen molar-refractivity contribution in [1.82, 2.24) is 5.32 Å². The lowest BCUT2D eigenvalue weighted by Crippen LogP contribution is -2.35. The third-order valence-corrected chi connectivity index (χ3v) is 1.79. The van der Waals surface area contributed by atoms with Gasteiger partial charge in [0.15, 0.2) is 0 Å². The molecule has 1 aliphatic carbocycles. The third kappa shape index (κ3) is 1.40. The Hall–Kier alpha value is -0.600. The van der Waals surface area contributed by atoms with Gasteiger partial charge >= 0.3 is 0 Å². The Kier molecular flexibility index (Phi) is 2.03. The van der Waals surface area contributed by atoms with Gasteiger partial charge in [0.05, 0.1) is 0 Å². The summed E-state index contributed by atoms with van der Waals surface area (Å²) in [5.41, 5.74) is 0. The molecule has 1 fully saturated rings. The molecule has 1 saturated carbocycles. The van der Waals surface area contributed by atoms with Gasteiger partial charge < -0.3 is 5.32 Å². The van der Waals surface area contributed by atoms with E-state index in [2.05, 4.69) is 5.32 Å². The van der Waals surface area contributed by atoms with Crippen molar-refractivity contribution in [3.05, 3.63) is 0 Å². The molecule has 0 bridgehead atoms. The van der Waals surface area contributed by atoms with Crippen LogP contribution in [0.1, 0.15) is 12.8 Å². The van der Waals surface area contributed by atoms with Crippen molar-refractivity contribution in [2.45, 2.75) is 19.0 Å². The Balaban J connectivity index is 2.06. The standard InChI is InChI=1S/C6H10FNO/c7-6-2-1-5(6)3-8-4-9/h4-6H,1-3H2,(H,8,9). The van der Waals surface area contributed by atoms with E-state index in [0.717, 1.165) is 6.42 Å². The Bertz CT molecular complexity index is 107. The molecular weight excluding hydrogens is 121 g/mol. The monoisotopic (exact) mass is 131 g/mol. The van der Waals surface area contributed by atoms with Crippen LogP contribution in [-0.2, 0) is 4.79 Å². The molecule has 9 heavy (non-hydrogen) atoms. The van der Waals surface area contributed by atoms with Crippen molar-refractivity contribution < 1.29 is 9.18 Å². The zero-order chi connectivity index (χ0) is 6.69. The lowest BCUT2D eigenvalue weighted by Gasteiger charge is -2.29. The molecule has 1 rings (SSSR count). The first-order valence-corrected chi connectivity index (χ1v) is 3.15. The second kappa shape index (κ2) is 2.80. The summed E-state index contributed by atoms with van der Waals surface area (Å²) in [6, 6.07) is 0. The highest BCUT2D eigenvalue weighted by Crippen LogP contribution is 2.29. The molecule has 0 radical (unpaired) electrons. The van der Waals surface area contributed by atoms with Gasteiger partial charge in [-0.1, -0.05) is 0 Å². The third-order valence-electron chi connectivity index (χ3n) is 1.79. The Morgan fingerprint density at radius 3 is 2.78 bits per heavy atom. The Labute approximate surface area is 53.4 Å². The minimum absolute atomic E-state index is 0.0928. The molecule has 1 aliphatic rings. The summed E-state index contributed by atoms with van der Waals surface area (Å²) >= 11 is 0. The van der Waals surface area contributed by atoms with Crippen LogP contribution in [0, 0.1) is 5.92 Å². The molecule has 0 spiro atoms. The lowest BCUT2D eigenvalue weighted by molar-refractivity contribution is -0.110. The summed E-state index contributed by atoms with van der Waals surface area (Å²) < 4.78 is 12.3. The number of amides is 1. The fourth-order valence-corrected chi connectivity index (χ4v) is 0.958. The van der Waals surface area contributed by atoms with Crippen molar-refractivity contribution in [3.8, 4) is 0 Å². The van der Waals surface area contributed by atoms with Gasteiger partial charge in [0.1, 0.15) is 6.17 Å². The normalized spacial score (nSPS) is 33.0. The van der Waals surface area contributed by atoms with E-state index >= 15 is 0 Å². The van der Waals surface area contributed by atoms with Crippen LogP contribution in [0.4, 0.5) is 4.39 Å². The van der Waals surface area contributed by atoms with E-state index in [1.165, 1.54) is 0 Å². The molecule has 52 valence electrons. The summed E-state index contributed by atoms with van der Waals surface area (Å²) in [7, 11) is 0. The summed E-state index contributed by atoms with van der Waals surface area (Å²) in [5.74, 6) is 0.0928. The number of hydrogen-bond donors (Lipinski definition) is 1. The van der Waals surface area contributed by atoms with Gasteiger partial charge in [-0.3, -0.25) is 4.79 Å².